The molecule has 3 atom stereocenters. The lowest BCUT2D eigenvalue weighted by atomic mass is 9.92. The Labute approximate surface area is 211 Å². The number of nitrogens with one attached hydrogen (secondary N) is 1. The first kappa shape index (κ1) is 26.0. The molecule has 1 aliphatic heterocycles. The minimum absolute atomic E-state index is 0. The van der Waals surface area contributed by atoms with Gasteiger partial charge in [-0.25, -0.2) is 13.8 Å². The molecule has 0 unspecified atom stereocenters. The second kappa shape index (κ2) is 11.3. The predicted octanol–water partition coefficient (Wildman–Crippen LogP) is 4.60. The molecule has 1 saturated carbocycles. The van der Waals surface area contributed by atoms with Crippen molar-refractivity contribution in [3.8, 4) is 11.3 Å². The van der Waals surface area contributed by atoms with Crippen LogP contribution in [-0.2, 0) is 6.42 Å². The summed E-state index contributed by atoms with van der Waals surface area (Å²) in [7, 11) is 0. The quantitative estimate of drug-likeness (QED) is 0.542. The van der Waals surface area contributed by atoms with E-state index in [0.717, 1.165) is 37.3 Å². The van der Waals surface area contributed by atoms with Gasteiger partial charge in [-0.3, -0.25) is 4.79 Å². The van der Waals surface area contributed by atoms with Crippen molar-refractivity contribution in [3.05, 3.63) is 77.8 Å². The minimum Gasteiger partial charge on any atom is -0.391 e. The van der Waals surface area contributed by atoms with Crippen LogP contribution in [0, 0.1) is 11.6 Å². The summed E-state index contributed by atoms with van der Waals surface area (Å²) in [6.07, 6.45) is 5.07. The number of aliphatic hydroxyl groups excluding tert-OH is 1. The van der Waals surface area contributed by atoms with Crippen molar-refractivity contribution in [2.45, 2.75) is 57.7 Å². The van der Waals surface area contributed by atoms with E-state index < -0.39 is 17.7 Å². The van der Waals surface area contributed by atoms with Crippen molar-refractivity contribution < 1.29 is 18.7 Å². The molecule has 0 bridgehead atoms. The molecule has 192 valence electrons. The highest BCUT2D eigenvalue weighted by Gasteiger charge is 2.34. The van der Waals surface area contributed by atoms with Crippen molar-refractivity contribution in [1.82, 2.24) is 19.8 Å². The number of aromatic nitrogens is 2. The molecule has 0 radical (unpaired) electrons. The van der Waals surface area contributed by atoms with Gasteiger partial charge in [-0.1, -0.05) is 50.6 Å². The summed E-state index contributed by atoms with van der Waals surface area (Å²) < 4.78 is 29.5. The first-order valence-corrected chi connectivity index (χ1v) is 12.3. The van der Waals surface area contributed by atoms with Gasteiger partial charge in [0, 0.05) is 37.3 Å². The monoisotopic (exact) mass is 496 g/mol. The van der Waals surface area contributed by atoms with Crippen molar-refractivity contribution >= 4 is 5.91 Å². The Morgan fingerprint density at radius 3 is 2.53 bits per heavy atom. The fraction of sp³-hybridized carbons (Fsp3) is 0.429. The highest BCUT2D eigenvalue weighted by molar-refractivity contribution is 5.98. The third-order valence-electron chi connectivity index (χ3n) is 7.10. The van der Waals surface area contributed by atoms with Crippen LogP contribution in [0.1, 0.15) is 55.2 Å². The predicted molar refractivity (Wildman–Crippen MR) is 136 cm³/mol. The van der Waals surface area contributed by atoms with Gasteiger partial charge in [0.25, 0.3) is 5.91 Å². The topological polar surface area (TPSA) is 70.4 Å². The van der Waals surface area contributed by atoms with Gasteiger partial charge in [0.1, 0.15) is 11.6 Å². The largest absolute Gasteiger partial charge is 0.391 e. The Morgan fingerprint density at radius 2 is 1.81 bits per heavy atom. The highest BCUT2D eigenvalue weighted by Crippen LogP contribution is 2.35. The van der Waals surface area contributed by atoms with E-state index in [-0.39, 0.29) is 25.4 Å². The Bertz CT molecular complexity index is 1160. The summed E-state index contributed by atoms with van der Waals surface area (Å²) >= 11 is 0. The molecule has 2 N–H and O–H groups in total. The van der Waals surface area contributed by atoms with Crippen LogP contribution >= 0.6 is 0 Å². The number of nitrogens with zero attached hydrogens (tertiary/aromatic N) is 3. The molecule has 2 fully saturated rings. The van der Waals surface area contributed by atoms with Gasteiger partial charge >= 0.3 is 0 Å². The molecule has 6 nitrogen and oxygen atoms in total. The average molecular weight is 497 g/mol. The summed E-state index contributed by atoms with van der Waals surface area (Å²) in [5.41, 5.74) is 2.42. The van der Waals surface area contributed by atoms with E-state index >= 15 is 0 Å². The molecular formula is C28H34F2N4O2. The maximum atomic E-state index is 13.9. The standard InChI is InChI=1S/C27H30F2N4O2.CH4/c28-20-12-18(13-21(29)15-20)14-22-16-30-10-11-32(22)27(35)25-26(19-6-2-1-3-7-19)33(17-31-25)23-8-4-5-9-24(23)34;/h1-3,6-7,12-13,15,17,22-24,30,34H,4-5,8-11,14,16H2;1H4/t22-,23+,24-;/m1./s1. The van der Waals surface area contributed by atoms with E-state index in [0.29, 0.717) is 43.0 Å². The number of halogens is 2. The summed E-state index contributed by atoms with van der Waals surface area (Å²) in [5, 5.41) is 14.0. The smallest absolute Gasteiger partial charge is 0.275 e. The molecule has 3 aromatic rings. The lowest BCUT2D eigenvalue weighted by Crippen LogP contribution is -2.54. The number of amides is 1. The lowest BCUT2D eigenvalue weighted by molar-refractivity contribution is 0.0628. The molecule has 1 amide bonds. The number of benzene rings is 2. The molecule has 8 heteroatoms. The summed E-state index contributed by atoms with van der Waals surface area (Å²) in [6, 6.07) is 12.7. The van der Waals surface area contributed by atoms with E-state index in [1.807, 2.05) is 34.9 Å². The van der Waals surface area contributed by atoms with E-state index in [9.17, 15) is 18.7 Å². The zero-order valence-electron chi connectivity index (χ0n) is 19.5. The minimum atomic E-state index is -0.627. The molecule has 0 spiro atoms. The molecule has 1 aliphatic carbocycles. The van der Waals surface area contributed by atoms with E-state index in [4.69, 9.17) is 0 Å². The summed E-state index contributed by atoms with van der Waals surface area (Å²) in [4.78, 5) is 20.2. The normalized spacial score (nSPS) is 22.2. The Kier molecular flexibility index (Phi) is 8.16. The second-order valence-electron chi connectivity index (χ2n) is 9.47. The van der Waals surface area contributed by atoms with E-state index in [2.05, 4.69) is 10.3 Å². The van der Waals surface area contributed by atoms with Crippen LogP contribution in [0.15, 0.2) is 54.9 Å². The average Bonchev–Trinajstić information content (AvgIpc) is 3.29. The van der Waals surface area contributed by atoms with Gasteiger partial charge in [0.15, 0.2) is 5.69 Å². The third-order valence-corrected chi connectivity index (χ3v) is 7.10. The lowest BCUT2D eigenvalue weighted by Gasteiger charge is -2.36. The number of hydrogen-bond acceptors (Lipinski definition) is 4. The van der Waals surface area contributed by atoms with Gasteiger partial charge in [0.2, 0.25) is 0 Å². The molecule has 1 saturated heterocycles. The number of imidazole rings is 1. The van der Waals surface area contributed by atoms with Crippen LogP contribution in [0.2, 0.25) is 0 Å². The molecule has 2 heterocycles. The summed E-state index contributed by atoms with van der Waals surface area (Å²) in [5.74, 6) is -1.47. The number of carbonyl (C=O) groups excluding carboxylic acids is 1. The van der Waals surface area contributed by atoms with E-state index in [1.54, 1.807) is 11.2 Å². The van der Waals surface area contributed by atoms with Crippen molar-refractivity contribution in [3.63, 3.8) is 0 Å². The van der Waals surface area contributed by atoms with Crippen molar-refractivity contribution in [1.29, 1.82) is 0 Å². The zero-order valence-corrected chi connectivity index (χ0v) is 19.5. The third kappa shape index (κ3) is 5.34. The van der Waals surface area contributed by atoms with Crippen LogP contribution in [0.4, 0.5) is 8.78 Å². The van der Waals surface area contributed by atoms with Gasteiger partial charge < -0.3 is 19.9 Å². The van der Waals surface area contributed by atoms with Gasteiger partial charge in [-0.05, 0) is 37.0 Å². The maximum Gasteiger partial charge on any atom is 0.275 e. The molecule has 5 rings (SSSR count). The van der Waals surface area contributed by atoms with Crippen LogP contribution in [0.3, 0.4) is 0 Å². The zero-order chi connectivity index (χ0) is 24.4. The van der Waals surface area contributed by atoms with E-state index in [1.165, 1.54) is 12.1 Å². The number of piperazine rings is 1. The SMILES string of the molecule is C.O=C(c1ncn([C@H]2CCCC[C@H]2O)c1-c1ccccc1)N1CCNC[C@H]1Cc1cc(F)cc(F)c1. The maximum absolute atomic E-state index is 13.9. The number of carbonyl (C=O) groups is 1. The van der Waals surface area contributed by atoms with Crippen LogP contribution < -0.4 is 5.32 Å². The number of hydrogen-bond donors (Lipinski definition) is 2. The van der Waals surface area contributed by atoms with Crippen molar-refractivity contribution in [2.75, 3.05) is 19.6 Å². The van der Waals surface area contributed by atoms with Crippen molar-refractivity contribution in [2.24, 2.45) is 0 Å². The Hall–Kier alpha value is -3.10. The highest BCUT2D eigenvalue weighted by atomic mass is 19.1. The fourth-order valence-corrected chi connectivity index (χ4v) is 5.41. The van der Waals surface area contributed by atoms with Crippen LogP contribution in [0.25, 0.3) is 11.3 Å². The second-order valence-corrected chi connectivity index (χ2v) is 9.47. The number of rotatable bonds is 5. The molecule has 36 heavy (non-hydrogen) atoms. The van der Waals surface area contributed by atoms with Gasteiger partial charge in [0.05, 0.1) is 24.2 Å². The first-order chi connectivity index (χ1) is 17.0. The number of aliphatic hydroxyl groups is 1. The van der Waals surface area contributed by atoms with Gasteiger partial charge in [-0.15, -0.1) is 0 Å². The fourth-order valence-electron chi connectivity index (χ4n) is 5.41. The molecule has 2 aromatic carbocycles. The van der Waals surface area contributed by atoms with Crippen LogP contribution in [0.5, 0.6) is 0 Å². The first-order valence-electron chi connectivity index (χ1n) is 12.3. The Morgan fingerprint density at radius 1 is 1.08 bits per heavy atom. The summed E-state index contributed by atoms with van der Waals surface area (Å²) in [6.45, 7) is 1.61. The van der Waals surface area contributed by atoms with Gasteiger partial charge in [-0.2, -0.15) is 0 Å². The Balaban J connectivity index is 0.00000304. The molecular weight excluding hydrogens is 462 g/mol. The molecule has 1 aromatic heterocycles. The van der Waals surface area contributed by atoms with Crippen LogP contribution in [-0.4, -0.2) is 57.2 Å². The molecule has 2 aliphatic rings.